The number of nitrogens with zero attached hydrogens (tertiary/aromatic N) is 2. The molecule has 1 aliphatic heterocycles. The molecule has 1 unspecified atom stereocenters. The van der Waals surface area contributed by atoms with E-state index in [1.165, 1.54) is 24.2 Å². The van der Waals surface area contributed by atoms with Crippen molar-refractivity contribution >= 4 is 33.3 Å². The lowest BCUT2D eigenvalue weighted by molar-refractivity contribution is 0.0941. The monoisotopic (exact) mass is 360 g/mol. The van der Waals surface area contributed by atoms with Crippen molar-refractivity contribution in [1.82, 2.24) is 15.3 Å². The maximum absolute atomic E-state index is 12.7. The van der Waals surface area contributed by atoms with Crippen LogP contribution in [0.2, 0.25) is 0 Å². The van der Waals surface area contributed by atoms with Crippen LogP contribution in [0.1, 0.15) is 53.8 Å². The lowest BCUT2D eigenvalue weighted by atomic mass is 10.1. The van der Waals surface area contributed by atoms with Gasteiger partial charge in [0.1, 0.15) is 17.0 Å². The second-order valence-electron chi connectivity index (χ2n) is 6.93. The molecule has 2 aromatic rings. The summed E-state index contributed by atoms with van der Waals surface area (Å²) in [6, 6.07) is 0.320. The van der Waals surface area contributed by atoms with E-state index < -0.39 is 0 Å². The molecule has 1 atom stereocenters. The van der Waals surface area contributed by atoms with E-state index in [0.717, 1.165) is 65.3 Å². The summed E-state index contributed by atoms with van der Waals surface area (Å²) in [6.07, 6.45) is 8.60. The molecule has 0 radical (unpaired) electrons. The number of carbonyl (C=O) groups excluding carboxylic acids is 1. The Hall–Kier alpha value is -1.73. The number of hydrogen-bond acceptors (Lipinski definition) is 6. The molecule has 25 heavy (non-hydrogen) atoms. The Labute approximate surface area is 151 Å². The molecule has 3 heterocycles. The van der Waals surface area contributed by atoms with Crippen LogP contribution in [0.15, 0.2) is 6.33 Å². The van der Waals surface area contributed by atoms with Crippen molar-refractivity contribution in [3.05, 3.63) is 16.8 Å². The molecule has 134 valence electrons. The first-order chi connectivity index (χ1) is 12.2. The largest absolute Gasteiger partial charge is 0.376 e. The van der Waals surface area contributed by atoms with E-state index in [4.69, 9.17) is 4.74 Å². The second-order valence-corrected chi connectivity index (χ2v) is 7.93. The van der Waals surface area contributed by atoms with Gasteiger partial charge in [0.15, 0.2) is 0 Å². The highest BCUT2D eigenvalue weighted by Crippen LogP contribution is 2.33. The van der Waals surface area contributed by atoms with Crippen LogP contribution in [0.3, 0.4) is 0 Å². The SMILES string of the molecule is Cc1c(C(=O)NC2CCCC2)sc2ncnc(NCC3CCCO3)c12. The van der Waals surface area contributed by atoms with Gasteiger partial charge in [-0.2, -0.15) is 0 Å². The van der Waals surface area contributed by atoms with Crippen LogP contribution in [0.4, 0.5) is 5.82 Å². The van der Waals surface area contributed by atoms with Gasteiger partial charge in [-0.05, 0) is 38.2 Å². The van der Waals surface area contributed by atoms with Crippen LogP contribution in [0.5, 0.6) is 0 Å². The van der Waals surface area contributed by atoms with Gasteiger partial charge in [0.2, 0.25) is 0 Å². The molecule has 1 saturated heterocycles. The highest BCUT2D eigenvalue weighted by molar-refractivity contribution is 7.20. The Balaban J connectivity index is 1.55. The van der Waals surface area contributed by atoms with E-state index in [2.05, 4.69) is 20.6 Å². The Morgan fingerprint density at radius 3 is 2.88 bits per heavy atom. The molecule has 2 aliphatic rings. The molecule has 2 aromatic heterocycles. The first kappa shape index (κ1) is 16.7. The van der Waals surface area contributed by atoms with Gasteiger partial charge in [-0.15, -0.1) is 11.3 Å². The predicted molar refractivity (Wildman–Crippen MR) is 99.3 cm³/mol. The zero-order valence-electron chi connectivity index (χ0n) is 14.5. The van der Waals surface area contributed by atoms with E-state index in [1.54, 1.807) is 6.33 Å². The molecule has 1 aliphatic carbocycles. The average molecular weight is 360 g/mol. The van der Waals surface area contributed by atoms with Gasteiger partial charge in [-0.3, -0.25) is 4.79 Å². The number of rotatable bonds is 5. The number of aromatic nitrogens is 2. The molecule has 6 nitrogen and oxygen atoms in total. The predicted octanol–water partition coefficient (Wildman–Crippen LogP) is 3.26. The summed E-state index contributed by atoms with van der Waals surface area (Å²) in [5, 5.41) is 7.53. The number of carbonyl (C=O) groups is 1. The third-order valence-corrected chi connectivity index (χ3v) is 6.34. The van der Waals surface area contributed by atoms with Crippen LogP contribution >= 0.6 is 11.3 Å². The maximum Gasteiger partial charge on any atom is 0.261 e. The van der Waals surface area contributed by atoms with Crippen molar-refractivity contribution in [3.63, 3.8) is 0 Å². The molecule has 7 heteroatoms. The van der Waals surface area contributed by atoms with E-state index in [1.807, 2.05) is 6.92 Å². The summed E-state index contributed by atoms with van der Waals surface area (Å²) in [5.41, 5.74) is 0.964. The van der Waals surface area contributed by atoms with Crippen LogP contribution in [0, 0.1) is 6.92 Å². The fourth-order valence-corrected chi connectivity index (χ4v) is 4.81. The zero-order chi connectivity index (χ0) is 17.2. The van der Waals surface area contributed by atoms with Gasteiger partial charge in [-0.25, -0.2) is 9.97 Å². The Morgan fingerprint density at radius 2 is 2.12 bits per heavy atom. The van der Waals surface area contributed by atoms with Gasteiger partial charge in [0.25, 0.3) is 5.91 Å². The van der Waals surface area contributed by atoms with Crippen molar-refractivity contribution in [2.24, 2.45) is 0 Å². The normalized spacial score (nSPS) is 21.1. The molecule has 0 aromatic carbocycles. The summed E-state index contributed by atoms with van der Waals surface area (Å²) in [7, 11) is 0. The quantitative estimate of drug-likeness (QED) is 0.856. The molecule has 2 N–H and O–H groups in total. The summed E-state index contributed by atoms with van der Waals surface area (Å²) in [6.45, 7) is 3.57. The molecular formula is C18H24N4O2S. The minimum Gasteiger partial charge on any atom is -0.376 e. The van der Waals surface area contributed by atoms with Crippen molar-refractivity contribution in [2.45, 2.75) is 57.6 Å². The Bertz CT molecular complexity index is 764. The van der Waals surface area contributed by atoms with E-state index >= 15 is 0 Å². The van der Waals surface area contributed by atoms with Crippen LogP contribution in [-0.2, 0) is 4.74 Å². The summed E-state index contributed by atoms with van der Waals surface area (Å²) in [4.78, 5) is 23.1. The van der Waals surface area contributed by atoms with Gasteiger partial charge >= 0.3 is 0 Å². The topological polar surface area (TPSA) is 76.1 Å². The third kappa shape index (κ3) is 3.48. The van der Waals surface area contributed by atoms with Crippen LogP contribution in [-0.4, -0.2) is 41.2 Å². The number of ether oxygens (including phenoxy) is 1. The van der Waals surface area contributed by atoms with E-state index in [-0.39, 0.29) is 12.0 Å². The number of thiophene rings is 1. The van der Waals surface area contributed by atoms with Crippen molar-refractivity contribution < 1.29 is 9.53 Å². The van der Waals surface area contributed by atoms with E-state index in [9.17, 15) is 4.79 Å². The lowest BCUT2D eigenvalue weighted by Crippen LogP contribution is -2.32. The first-order valence-electron chi connectivity index (χ1n) is 9.13. The number of hydrogen-bond donors (Lipinski definition) is 2. The van der Waals surface area contributed by atoms with Crippen molar-refractivity contribution in [2.75, 3.05) is 18.5 Å². The molecule has 4 rings (SSSR count). The molecule has 1 saturated carbocycles. The summed E-state index contributed by atoms with van der Waals surface area (Å²) >= 11 is 1.45. The molecule has 2 fully saturated rings. The summed E-state index contributed by atoms with van der Waals surface area (Å²) in [5.74, 6) is 0.826. The fourth-order valence-electron chi connectivity index (χ4n) is 3.76. The zero-order valence-corrected chi connectivity index (χ0v) is 15.3. The molecule has 1 amide bonds. The lowest BCUT2D eigenvalue weighted by Gasteiger charge is -2.12. The van der Waals surface area contributed by atoms with Crippen LogP contribution < -0.4 is 10.6 Å². The average Bonchev–Trinajstić information content (AvgIpc) is 3.35. The smallest absolute Gasteiger partial charge is 0.261 e. The minimum atomic E-state index is 0.0254. The third-order valence-electron chi connectivity index (χ3n) is 5.14. The van der Waals surface area contributed by atoms with Crippen molar-refractivity contribution in [3.8, 4) is 0 Å². The van der Waals surface area contributed by atoms with Gasteiger partial charge in [0.05, 0.1) is 16.4 Å². The second kappa shape index (κ2) is 7.25. The standard InChI is InChI=1S/C18H24N4O2S/c1-11-14-16(19-9-13-7-4-8-24-13)20-10-21-18(14)25-15(11)17(23)22-12-5-2-3-6-12/h10,12-13H,2-9H2,1H3,(H,22,23)(H,19,20,21). The van der Waals surface area contributed by atoms with Gasteiger partial charge in [-0.1, -0.05) is 12.8 Å². The number of nitrogens with one attached hydrogen (secondary N) is 2. The van der Waals surface area contributed by atoms with E-state index in [0.29, 0.717) is 6.04 Å². The highest BCUT2D eigenvalue weighted by Gasteiger charge is 2.23. The Kier molecular flexibility index (Phi) is 4.85. The van der Waals surface area contributed by atoms with Gasteiger partial charge < -0.3 is 15.4 Å². The Morgan fingerprint density at radius 1 is 1.28 bits per heavy atom. The van der Waals surface area contributed by atoms with Crippen LogP contribution in [0.25, 0.3) is 10.2 Å². The number of anilines is 1. The summed E-state index contributed by atoms with van der Waals surface area (Å²) < 4.78 is 5.67. The number of fused-ring (bicyclic) bond motifs is 1. The molecular weight excluding hydrogens is 336 g/mol. The maximum atomic E-state index is 12.7. The number of aryl methyl sites for hydroxylation is 1. The fraction of sp³-hybridized carbons (Fsp3) is 0.611. The van der Waals surface area contributed by atoms with Gasteiger partial charge in [0, 0.05) is 19.2 Å². The highest BCUT2D eigenvalue weighted by atomic mass is 32.1. The minimum absolute atomic E-state index is 0.0254. The number of amides is 1. The molecule has 0 spiro atoms. The molecule has 0 bridgehead atoms. The first-order valence-corrected chi connectivity index (χ1v) is 9.94. The van der Waals surface area contributed by atoms with Crippen molar-refractivity contribution in [1.29, 1.82) is 0 Å².